The molecule has 1 rings (SSSR count). The molecule has 1 fully saturated rings. The molecule has 0 nitrogen and oxygen atoms in total. The quantitative estimate of drug-likeness (QED) is 0.397. The fraction of sp³-hybridized carbons (Fsp3) is 1.00. The summed E-state index contributed by atoms with van der Waals surface area (Å²) < 4.78 is 24.0. The molecular weight excluding hydrogens is 138 g/mol. The normalized spacial score (nSPS) is 23.0. The van der Waals surface area contributed by atoms with Gasteiger partial charge < -0.3 is 8.22 Å². The Morgan fingerprint density at radius 1 is 1.00 bits per heavy atom. The predicted molar refractivity (Wildman–Crippen MR) is 34.8 cm³/mol. The number of hydrogen-bond acceptors (Lipinski definition) is 0. The van der Waals surface area contributed by atoms with Gasteiger partial charge in [-0.15, -0.1) is 5.54 Å². The van der Waals surface area contributed by atoms with Crippen LogP contribution in [-0.2, 0) is 0 Å². The van der Waals surface area contributed by atoms with Crippen LogP contribution in [0, 0.1) is 0 Å². The van der Waals surface area contributed by atoms with Gasteiger partial charge in [0.05, 0.1) is 0 Å². The van der Waals surface area contributed by atoms with Crippen molar-refractivity contribution in [2.24, 2.45) is 0 Å². The first-order valence-corrected chi connectivity index (χ1v) is 4.82. The first-order chi connectivity index (χ1) is 4.30. The number of rotatable bonds is 1. The Hall–Kier alpha value is 0.0769. The highest BCUT2D eigenvalue weighted by Gasteiger charge is 2.13. The molecule has 0 unspecified atom stereocenters. The van der Waals surface area contributed by atoms with Gasteiger partial charge in [0, 0.05) is 0 Å². The van der Waals surface area contributed by atoms with E-state index in [1.165, 1.54) is 6.42 Å². The zero-order valence-corrected chi connectivity index (χ0v) is 6.37. The van der Waals surface area contributed by atoms with E-state index in [1.807, 2.05) is 0 Å². The van der Waals surface area contributed by atoms with E-state index in [1.54, 1.807) is 0 Å². The Morgan fingerprint density at radius 2 is 1.56 bits per heavy atom. The minimum absolute atomic E-state index is 0.177. The van der Waals surface area contributed by atoms with Crippen molar-refractivity contribution in [2.75, 3.05) is 0 Å². The summed E-state index contributed by atoms with van der Waals surface area (Å²) in [5.74, 6) is 0. The van der Waals surface area contributed by atoms with E-state index in [0.29, 0.717) is 0 Å². The van der Waals surface area contributed by atoms with E-state index in [4.69, 9.17) is 0 Å². The van der Waals surface area contributed by atoms with E-state index in [-0.39, 0.29) is 5.54 Å². The second kappa shape index (κ2) is 3.30. The van der Waals surface area contributed by atoms with Gasteiger partial charge in [-0.25, -0.2) is 0 Å². The SMILES string of the molecule is F[Si-](F)C1CCCCC1. The summed E-state index contributed by atoms with van der Waals surface area (Å²) in [7, 11) is -2.94. The zero-order valence-electron chi connectivity index (χ0n) is 5.37. The monoisotopic (exact) mass is 149 g/mol. The van der Waals surface area contributed by atoms with Crippen LogP contribution in [0.4, 0.5) is 8.22 Å². The van der Waals surface area contributed by atoms with Crippen LogP contribution < -0.4 is 0 Å². The third kappa shape index (κ3) is 2.05. The average Bonchev–Trinajstić information content (AvgIpc) is 1.90. The van der Waals surface area contributed by atoms with E-state index >= 15 is 0 Å². The van der Waals surface area contributed by atoms with Gasteiger partial charge in [-0.05, 0) is 0 Å². The highest BCUT2D eigenvalue weighted by Crippen LogP contribution is 2.31. The van der Waals surface area contributed by atoms with Crippen LogP contribution in [0.5, 0.6) is 0 Å². The lowest BCUT2D eigenvalue weighted by Gasteiger charge is -2.27. The van der Waals surface area contributed by atoms with Crippen LogP contribution in [0.1, 0.15) is 32.1 Å². The molecule has 0 aromatic carbocycles. The maximum atomic E-state index is 12.0. The topological polar surface area (TPSA) is 0 Å². The molecule has 0 aliphatic heterocycles. The molecule has 0 heterocycles. The summed E-state index contributed by atoms with van der Waals surface area (Å²) in [5.41, 5.74) is -0.177. The van der Waals surface area contributed by atoms with Crippen molar-refractivity contribution in [1.82, 2.24) is 0 Å². The molecule has 1 aliphatic carbocycles. The molecule has 0 amide bonds. The summed E-state index contributed by atoms with van der Waals surface area (Å²) in [6.07, 6.45) is 4.83. The van der Waals surface area contributed by atoms with Crippen LogP contribution in [0.3, 0.4) is 0 Å². The first-order valence-electron chi connectivity index (χ1n) is 3.48. The van der Waals surface area contributed by atoms with Gasteiger partial charge in [0.15, 0.2) is 0 Å². The lowest BCUT2D eigenvalue weighted by atomic mass is 10.0. The van der Waals surface area contributed by atoms with Crippen LogP contribution in [0.2, 0.25) is 5.54 Å². The Kier molecular flexibility index (Phi) is 2.63. The fourth-order valence-electron chi connectivity index (χ4n) is 1.32. The molecule has 0 bridgehead atoms. The molecule has 1 saturated carbocycles. The smallest absolute Gasteiger partial charge is 0.128 e. The Morgan fingerprint density at radius 3 is 1.89 bits per heavy atom. The predicted octanol–water partition coefficient (Wildman–Crippen LogP) is 2.75. The van der Waals surface area contributed by atoms with Crippen LogP contribution >= 0.6 is 0 Å². The molecular formula is C6H11F2Si-. The second-order valence-electron chi connectivity index (χ2n) is 2.62. The van der Waals surface area contributed by atoms with Crippen molar-refractivity contribution in [3.8, 4) is 0 Å². The standard InChI is InChI=1S/C6H11F2Si/c7-9(8)6-4-2-1-3-5-6/h6H,1-5H2/q-1. The highest BCUT2D eigenvalue weighted by atomic mass is 28.4. The Labute approximate surface area is 56.2 Å². The van der Waals surface area contributed by atoms with Gasteiger partial charge in [-0.1, -0.05) is 32.1 Å². The van der Waals surface area contributed by atoms with Gasteiger partial charge in [-0.3, -0.25) is 0 Å². The minimum atomic E-state index is -2.94. The van der Waals surface area contributed by atoms with Gasteiger partial charge >= 0.3 is 0 Å². The van der Waals surface area contributed by atoms with Crippen molar-refractivity contribution in [3.05, 3.63) is 0 Å². The van der Waals surface area contributed by atoms with Crippen LogP contribution in [0.25, 0.3) is 0 Å². The summed E-state index contributed by atoms with van der Waals surface area (Å²) in [6.45, 7) is 0. The molecule has 0 radical (unpaired) electrons. The van der Waals surface area contributed by atoms with Gasteiger partial charge in [0.1, 0.15) is 9.46 Å². The van der Waals surface area contributed by atoms with Crippen molar-refractivity contribution in [3.63, 3.8) is 0 Å². The van der Waals surface area contributed by atoms with Gasteiger partial charge in [0.25, 0.3) is 0 Å². The van der Waals surface area contributed by atoms with Crippen molar-refractivity contribution >= 4 is 9.46 Å². The third-order valence-electron chi connectivity index (χ3n) is 1.91. The molecule has 3 heteroatoms. The largest absolute Gasteiger partial charge is 0.476 e. The number of halogens is 2. The van der Waals surface area contributed by atoms with Crippen molar-refractivity contribution < 1.29 is 8.22 Å². The van der Waals surface area contributed by atoms with E-state index < -0.39 is 9.46 Å². The van der Waals surface area contributed by atoms with Crippen LogP contribution in [-0.4, -0.2) is 9.46 Å². The summed E-state index contributed by atoms with van der Waals surface area (Å²) in [4.78, 5) is 0. The van der Waals surface area contributed by atoms with Gasteiger partial charge in [0.2, 0.25) is 0 Å². The third-order valence-corrected chi connectivity index (χ3v) is 3.11. The molecule has 0 N–H and O–H groups in total. The Bertz CT molecular complexity index is 79.1. The summed E-state index contributed by atoms with van der Waals surface area (Å²) >= 11 is 0. The Balaban J connectivity index is 2.23. The summed E-state index contributed by atoms with van der Waals surface area (Å²) in [6, 6.07) is 0. The lowest BCUT2D eigenvalue weighted by Crippen LogP contribution is -2.12. The molecule has 9 heavy (non-hydrogen) atoms. The fourth-order valence-corrected chi connectivity index (χ4v) is 2.17. The van der Waals surface area contributed by atoms with E-state index in [0.717, 1.165) is 25.7 Å². The molecule has 0 aromatic rings. The molecule has 54 valence electrons. The van der Waals surface area contributed by atoms with Crippen LogP contribution in [0.15, 0.2) is 0 Å². The maximum Gasteiger partial charge on any atom is 0.128 e. The molecule has 1 aliphatic rings. The first kappa shape index (κ1) is 7.19. The van der Waals surface area contributed by atoms with E-state index in [2.05, 4.69) is 0 Å². The second-order valence-corrected chi connectivity index (χ2v) is 4.02. The average molecular weight is 149 g/mol. The molecule has 0 spiro atoms. The summed E-state index contributed by atoms with van der Waals surface area (Å²) in [5, 5.41) is 0. The van der Waals surface area contributed by atoms with Crippen molar-refractivity contribution in [2.45, 2.75) is 37.6 Å². The zero-order chi connectivity index (χ0) is 6.69. The molecule has 0 aromatic heterocycles. The van der Waals surface area contributed by atoms with Crippen molar-refractivity contribution in [1.29, 1.82) is 0 Å². The highest BCUT2D eigenvalue weighted by molar-refractivity contribution is 6.44. The maximum absolute atomic E-state index is 12.0. The van der Waals surface area contributed by atoms with E-state index in [9.17, 15) is 8.22 Å². The minimum Gasteiger partial charge on any atom is -0.476 e. The number of hydrogen-bond donors (Lipinski definition) is 0. The van der Waals surface area contributed by atoms with Gasteiger partial charge in [-0.2, -0.15) is 0 Å². The lowest BCUT2D eigenvalue weighted by molar-refractivity contribution is 0.456. The molecule has 0 atom stereocenters. The molecule has 0 saturated heterocycles.